The van der Waals surface area contributed by atoms with Gasteiger partial charge < -0.3 is 55.0 Å². The first-order valence-corrected chi connectivity index (χ1v) is 13.5. The Balaban J connectivity index is 0.00000111. The van der Waals surface area contributed by atoms with Gasteiger partial charge in [-0.15, -0.1) is 0 Å². The van der Waals surface area contributed by atoms with Crippen LogP contribution in [0.4, 0.5) is 23.0 Å². The van der Waals surface area contributed by atoms with E-state index in [4.69, 9.17) is 44.6 Å². The van der Waals surface area contributed by atoms with Gasteiger partial charge in [0.15, 0.2) is 0 Å². The van der Waals surface area contributed by atoms with Crippen molar-refractivity contribution < 1.29 is 71.8 Å². The average molecular weight is 670 g/mol. The quantitative estimate of drug-likeness (QED) is 0.0828. The van der Waals surface area contributed by atoms with E-state index in [1.54, 1.807) is 12.1 Å². The van der Waals surface area contributed by atoms with Gasteiger partial charge in [0.2, 0.25) is 0 Å². The van der Waals surface area contributed by atoms with Crippen molar-refractivity contribution in [2.45, 2.75) is 27.7 Å². The van der Waals surface area contributed by atoms with Crippen LogP contribution >= 0.6 is 0 Å². The van der Waals surface area contributed by atoms with Crippen LogP contribution in [0.2, 0.25) is 0 Å². The molecule has 0 aromatic heterocycles. The largest absolute Gasteiger partial charge is 0.674 e. The number of nitrogens with one attached hydrogen (secondary N) is 1. The summed E-state index contributed by atoms with van der Waals surface area (Å²) >= 11 is 0. The maximum absolute atomic E-state index is 12.0. The van der Waals surface area contributed by atoms with Crippen molar-refractivity contribution in [3.63, 3.8) is 0 Å². The zero-order valence-corrected chi connectivity index (χ0v) is 25.6. The third kappa shape index (κ3) is 15.9. The molecular weight excluding hydrogens is 636 g/mol. The summed E-state index contributed by atoms with van der Waals surface area (Å²) in [5, 5.41) is 70.5. The number of anilines is 1. The summed E-state index contributed by atoms with van der Waals surface area (Å²) < 4.78 is 46.8. The molecule has 1 aliphatic carbocycles. The van der Waals surface area contributed by atoms with E-state index in [1.807, 2.05) is 38.1 Å². The highest BCUT2D eigenvalue weighted by Crippen LogP contribution is 2.39. The summed E-state index contributed by atoms with van der Waals surface area (Å²) in [5.74, 6) is -0.267. The number of rotatable bonds is 5. The van der Waals surface area contributed by atoms with E-state index in [0.29, 0.717) is 17.9 Å². The van der Waals surface area contributed by atoms with E-state index in [-0.39, 0.29) is 5.56 Å². The maximum Gasteiger partial charge on any atom is 0.674 e. The zero-order chi connectivity index (χ0) is 36.4. The number of hydrogen-bond donors (Lipinski definition) is 10. The van der Waals surface area contributed by atoms with Gasteiger partial charge in [-0.25, -0.2) is 4.79 Å². The molecule has 0 fully saturated rings. The second-order valence-corrected chi connectivity index (χ2v) is 8.86. The smallest absolute Gasteiger partial charge is 0.478 e. The summed E-state index contributed by atoms with van der Waals surface area (Å²) in [5.41, 5.74) is 6.55. The first-order valence-electron chi connectivity index (χ1n) is 13.5. The topological polar surface area (TPSA) is 237 Å². The van der Waals surface area contributed by atoms with E-state index in [0.717, 1.165) is 50.8 Å². The lowest BCUT2D eigenvalue weighted by Crippen LogP contribution is -2.12. The van der Waals surface area contributed by atoms with Gasteiger partial charge in [-0.2, -0.15) is 0 Å². The summed E-state index contributed by atoms with van der Waals surface area (Å²) in [6, 6.07) is 15.3. The Morgan fingerprint density at radius 1 is 0.809 bits per heavy atom. The normalized spacial score (nSPS) is 10.2. The van der Waals surface area contributed by atoms with Gasteiger partial charge >= 0.3 is 35.6 Å². The molecule has 4 rings (SSSR count). The van der Waals surface area contributed by atoms with Crippen LogP contribution in [0.25, 0.3) is 33.4 Å². The number of carboxylic acids is 1. The number of hydrogen-bond acceptors (Lipinski definition) is 12. The molecule has 1 heterocycles. The van der Waals surface area contributed by atoms with Gasteiger partial charge in [0.1, 0.15) is 11.3 Å². The molecule has 0 saturated carbocycles. The molecule has 2 aromatic rings. The van der Waals surface area contributed by atoms with Crippen LogP contribution < -0.4 is 10.7 Å². The van der Waals surface area contributed by atoms with Crippen molar-refractivity contribution in [1.29, 1.82) is 0 Å². The molecule has 0 saturated heterocycles. The molecule has 0 unspecified atom stereocenters. The van der Waals surface area contributed by atoms with Gasteiger partial charge in [0.05, 0.1) is 10.9 Å². The number of aryl methyl sites for hydroxylation is 1. The Kier molecular flexibility index (Phi) is 20.0. The molecule has 10 N–H and O–H groups in total. The molecule has 0 bridgehead atoms. The van der Waals surface area contributed by atoms with Crippen molar-refractivity contribution in [3.05, 3.63) is 70.6 Å². The number of benzene rings is 3. The monoisotopic (exact) mass is 670 g/mol. The van der Waals surface area contributed by atoms with Gasteiger partial charge in [-0.3, -0.25) is 22.3 Å². The van der Waals surface area contributed by atoms with Gasteiger partial charge in [-0.05, 0) is 68.1 Å². The molecule has 47 heavy (non-hydrogen) atoms. The van der Waals surface area contributed by atoms with Crippen LogP contribution in [-0.4, -0.2) is 93.9 Å². The number of halogens is 4. The lowest BCUT2D eigenvalue weighted by molar-refractivity contribution is 0.0697. The van der Waals surface area contributed by atoms with E-state index >= 15 is 0 Å². The minimum atomic E-state index is -2.67. The van der Waals surface area contributed by atoms with E-state index in [1.165, 1.54) is 0 Å². The molecule has 0 amide bonds. The third-order valence-corrected chi connectivity index (χ3v) is 5.56. The van der Waals surface area contributed by atoms with Crippen molar-refractivity contribution in [2.75, 3.05) is 18.4 Å². The Bertz CT molecular complexity index is 1550. The summed E-state index contributed by atoms with van der Waals surface area (Å²) in [6.07, 6.45) is 0. The molecule has 0 atom stereocenters. The highest BCUT2D eigenvalue weighted by atomic mass is 19.1. The summed E-state index contributed by atoms with van der Waals surface area (Å²) in [6.45, 7) is 9.56. The molecular formula is C26H34B4F4N2O11. The van der Waals surface area contributed by atoms with Crippen molar-refractivity contribution in [1.82, 2.24) is 0 Å². The average Bonchev–Trinajstić information content (AvgIpc) is 2.92. The first kappa shape index (κ1) is 43.1. The Morgan fingerprint density at radius 3 is 1.79 bits per heavy atom. The van der Waals surface area contributed by atoms with Crippen molar-refractivity contribution >= 4 is 52.2 Å². The second-order valence-electron chi connectivity index (χ2n) is 8.86. The van der Waals surface area contributed by atoms with Crippen LogP contribution in [0.15, 0.2) is 57.9 Å². The van der Waals surface area contributed by atoms with Gasteiger partial charge in [-0.1, -0.05) is 18.2 Å². The number of carbonyl (C=O) groups is 1. The van der Waals surface area contributed by atoms with E-state index < -0.39 is 35.6 Å². The van der Waals surface area contributed by atoms with Crippen LogP contribution in [0.1, 0.15) is 35.3 Å². The number of nitrogens with zero attached hydrogens (tertiary/aromatic N) is 1. The molecule has 1 aliphatic heterocycles. The first-order chi connectivity index (χ1) is 21.9. The third-order valence-electron chi connectivity index (χ3n) is 5.56. The fourth-order valence-electron chi connectivity index (χ4n) is 4.13. The lowest BCUT2D eigenvalue weighted by atomic mass is 9.88. The van der Waals surface area contributed by atoms with E-state index in [9.17, 15) is 27.2 Å². The molecule has 13 nitrogen and oxygen atoms in total. The summed E-state index contributed by atoms with van der Waals surface area (Å²) in [7, 11) is -10.7. The maximum atomic E-state index is 12.0. The molecule has 0 spiro atoms. The summed E-state index contributed by atoms with van der Waals surface area (Å²) in [4.78, 5) is 16.6. The SMILES string of the molecule is CC/N=c1\cc2oc3cc(NCC)c(C)cc3cc-2c(-c2ccccc2C(=O)O)c1C.OB(O)F.OB(O)F.OB(O)F.OB(O)F. The molecule has 2 aliphatic rings. The minimum absolute atomic E-state index is 0.263. The number of carboxylic acid groups (broad SMARTS) is 1. The van der Waals surface area contributed by atoms with Crippen LogP contribution in [-0.2, 0) is 0 Å². The van der Waals surface area contributed by atoms with Crippen LogP contribution in [0.5, 0.6) is 0 Å². The predicted molar refractivity (Wildman–Crippen MR) is 170 cm³/mol. The number of fused-ring (bicyclic) bond motifs is 2. The standard InChI is InChI=1S/C26H26N2O3.4BFH2O2/c1-5-27-21-13-23-17(11-15(21)3)12-20-24(31-23)14-22(28-6-2)16(4)25(20)18-9-7-8-10-19(18)26(29)30;4*2-1(3)4/h7-14,27H,5-6H2,1-4H3,(H,29,30);4*3-4H/b28-22+;;;;. The lowest BCUT2D eigenvalue weighted by Gasteiger charge is -2.18. The minimum Gasteiger partial charge on any atom is -0.478 e. The number of aromatic carboxylic acids is 1. The zero-order valence-electron chi connectivity index (χ0n) is 25.6. The van der Waals surface area contributed by atoms with Gasteiger partial charge in [0.25, 0.3) is 0 Å². The molecule has 21 heteroatoms. The Labute approximate surface area is 268 Å². The van der Waals surface area contributed by atoms with E-state index in [2.05, 4.69) is 36.3 Å². The Hall–Kier alpha value is -3.94. The fourth-order valence-corrected chi connectivity index (χ4v) is 4.13. The fraction of sp³-hybridized carbons (Fsp3) is 0.231. The second kappa shape index (κ2) is 21.8. The molecule has 254 valence electrons. The predicted octanol–water partition coefficient (Wildman–Crippen LogP) is 1.57. The Morgan fingerprint density at radius 2 is 1.32 bits per heavy atom. The molecule has 0 radical (unpaired) electrons. The van der Waals surface area contributed by atoms with Crippen LogP contribution in [0.3, 0.4) is 0 Å². The van der Waals surface area contributed by atoms with Crippen LogP contribution in [0, 0.1) is 13.8 Å². The van der Waals surface area contributed by atoms with Gasteiger partial charge in [0, 0.05) is 41.9 Å². The van der Waals surface area contributed by atoms with Crippen molar-refractivity contribution in [3.8, 4) is 22.5 Å². The highest BCUT2D eigenvalue weighted by molar-refractivity contribution is 6.32. The highest BCUT2D eigenvalue weighted by Gasteiger charge is 2.22. The molecule has 2 aromatic carbocycles. The van der Waals surface area contributed by atoms with Crippen molar-refractivity contribution in [2.24, 2.45) is 4.99 Å².